The smallest absolute Gasteiger partial charge is 0.250 e. The van der Waals surface area contributed by atoms with Crippen molar-refractivity contribution in [1.82, 2.24) is 9.47 Å². The van der Waals surface area contributed by atoms with Gasteiger partial charge in [-0.1, -0.05) is 19.9 Å². The van der Waals surface area contributed by atoms with Crippen LogP contribution in [0.2, 0.25) is 0 Å². The van der Waals surface area contributed by atoms with Crippen LogP contribution in [0.1, 0.15) is 44.3 Å². The second-order valence-corrected chi connectivity index (χ2v) is 6.56. The first-order valence-electron chi connectivity index (χ1n) is 8.62. The largest absolute Gasteiger partial charge is 0.464 e. The van der Waals surface area contributed by atoms with E-state index in [0.717, 1.165) is 30.8 Å². The quantitative estimate of drug-likeness (QED) is 0.867. The molecule has 1 amide bonds. The van der Waals surface area contributed by atoms with Crippen molar-refractivity contribution < 1.29 is 9.21 Å². The molecule has 0 radical (unpaired) electrons. The fraction of sp³-hybridized carbons (Fsp3) is 0.474. The van der Waals surface area contributed by atoms with Crippen LogP contribution in [0.3, 0.4) is 0 Å². The highest BCUT2D eigenvalue weighted by molar-refractivity contribution is 5.76. The van der Waals surface area contributed by atoms with Gasteiger partial charge in [-0.25, -0.2) is 0 Å². The fourth-order valence-corrected chi connectivity index (χ4v) is 3.30. The first-order valence-corrected chi connectivity index (χ1v) is 8.62. The Morgan fingerprint density at radius 3 is 2.83 bits per heavy atom. The number of likely N-dealkylation sites (tertiary alicyclic amines) is 1. The average Bonchev–Trinajstić information content (AvgIpc) is 3.06. The van der Waals surface area contributed by atoms with Gasteiger partial charge in [0.05, 0.1) is 6.04 Å². The lowest BCUT2D eigenvalue weighted by Crippen LogP contribution is -2.43. The third-order valence-corrected chi connectivity index (χ3v) is 4.75. The Morgan fingerprint density at radius 1 is 1.29 bits per heavy atom. The van der Waals surface area contributed by atoms with E-state index >= 15 is 0 Å². The summed E-state index contributed by atoms with van der Waals surface area (Å²) in [6.45, 7) is 5.04. The number of hydrogen-bond acceptors (Lipinski definition) is 3. The number of piperidine rings is 1. The first-order chi connectivity index (χ1) is 11.6. The van der Waals surface area contributed by atoms with E-state index in [1.807, 2.05) is 17.0 Å². The number of nitrogens with zero attached hydrogens (tertiary/aromatic N) is 2. The third-order valence-electron chi connectivity index (χ3n) is 4.75. The predicted molar refractivity (Wildman–Crippen MR) is 91.6 cm³/mol. The monoisotopic (exact) mass is 328 g/mol. The summed E-state index contributed by atoms with van der Waals surface area (Å²) < 4.78 is 7.37. The molecule has 1 saturated heterocycles. The highest BCUT2D eigenvalue weighted by atomic mass is 16.3. The van der Waals surface area contributed by atoms with Gasteiger partial charge in [-0.15, -0.1) is 0 Å². The lowest BCUT2D eigenvalue weighted by Gasteiger charge is -2.37. The van der Waals surface area contributed by atoms with Crippen LogP contribution in [-0.2, 0) is 17.8 Å². The molecule has 0 spiro atoms. The van der Waals surface area contributed by atoms with E-state index in [2.05, 4.69) is 13.8 Å². The molecule has 0 saturated carbocycles. The Labute approximate surface area is 141 Å². The molecule has 5 heteroatoms. The van der Waals surface area contributed by atoms with Gasteiger partial charge in [-0.2, -0.15) is 0 Å². The van der Waals surface area contributed by atoms with Crippen molar-refractivity contribution in [2.75, 3.05) is 6.54 Å². The summed E-state index contributed by atoms with van der Waals surface area (Å²) in [5, 5.41) is 0. The molecule has 3 rings (SSSR count). The van der Waals surface area contributed by atoms with E-state index in [-0.39, 0.29) is 24.1 Å². The van der Waals surface area contributed by atoms with Crippen molar-refractivity contribution in [3.63, 3.8) is 0 Å². The number of carbonyl (C=O) groups excluding carboxylic acids is 1. The highest BCUT2D eigenvalue weighted by Crippen LogP contribution is 2.35. The summed E-state index contributed by atoms with van der Waals surface area (Å²) in [4.78, 5) is 26.5. The molecule has 1 aliphatic rings. The second-order valence-electron chi connectivity index (χ2n) is 6.56. The number of amides is 1. The number of aromatic nitrogens is 1. The van der Waals surface area contributed by atoms with Crippen molar-refractivity contribution in [2.24, 2.45) is 5.92 Å². The van der Waals surface area contributed by atoms with Crippen molar-refractivity contribution in [3.05, 3.63) is 58.4 Å². The summed E-state index contributed by atoms with van der Waals surface area (Å²) in [5.41, 5.74) is -0.154. The number of carbonyl (C=O) groups is 1. The number of hydrogen-bond donors (Lipinski definition) is 0. The zero-order valence-electron chi connectivity index (χ0n) is 14.3. The maximum Gasteiger partial charge on any atom is 0.250 e. The maximum absolute atomic E-state index is 12.8. The van der Waals surface area contributed by atoms with Crippen LogP contribution in [0.15, 0.2) is 45.7 Å². The molecule has 2 aromatic heterocycles. The van der Waals surface area contributed by atoms with E-state index in [0.29, 0.717) is 12.5 Å². The Hall–Kier alpha value is -2.30. The van der Waals surface area contributed by atoms with Crippen LogP contribution in [-0.4, -0.2) is 21.9 Å². The van der Waals surface area contributed by atoms with E-state index in [1.54, 1.807) is 18.3 Å². The minimum Gasteiger partial charge on any atom is -0.464 e. The average molecular weight is 328 g/mol. The molecule has 3 heterocycles. The first kappa shape index (κ1) is 16.6. The SMILES string of the molecule is CCc1ccc([C@H]2C[C@H](C)CCN2C(=O)Cn2ccccc2=O)o1. The Kier molecular flexibility index (Phi) is 4.88. The van der Waals surface area contributed by atoms with Crippen molar-refractivity contribution in [1.29, 1.82) is 0 Å². The molecule has 1 aliphatic heterocycles. The fourth-order valence-electron chi connectivity index (χ4n) is 3.30. The molecule has 2 aromatic rings. The Balaban J connectivity index is 1.82. The van der Waals surface area contributed by atoms with Crippen LogP contribution < -0.4 is 5.56 Å². The molecule has 0 aliphatic carbocycles. The number of pyridine rings is 1. The van der Waals surface area contributed by atoms with Crippen molar-refractivity contribution >= 4 is 5.91 Å². The summed E-state index contributed by atoms with van der Waals surface area (Å²) in [6.07, 6.45) is 4.37. The molecule has 5 nitrogen and oxygen atoms in total. The standard InChI is InChI=1S/C19H24N2O3/c1-3-15-7-8-17(24-15)16-12-14(2)9-11-21(16)19(23)13-20-10-5-4-6-18(20)22/h4-8,10,14,16H,3,9,11-13H2,1-2H3/t14-,16-/m1/s1. The predicted octanol–water partition coefficient (Wildman–Crippen LogP) is 3.00. The maximum atomic E-state index is 12.8. The molecule has 0 unspecified atom stereocenters. The summed E-state index contributed by atoms with van der Waals surface area (Å²) in [7, 11) is 0. The van der Waals surface area contributed by atoms with Gasteiger partial charge in [0.25, 0.3) is 5.56 Å². The molecule has 0 bridgehead atoms. The molecule has 2 atom stereocenters. The van der Waals surface area contributed by atoms with Gasteiger partial charge in [0.15, 0.2) is 0 Å². The molecule has 24 heavy (non-hydrogen) atoms. The van der Waals surface area contributed by atoms with Crippen LogP contribution in [0.25, 0.3) is 0 Å². The topological polar surface area (TPSA) is 55.5 Å². The summed E-state index contributed by atoms with van der Waals surface area (Å²) in [5.74, 6) is 2.31. The Bertz CT molecular complexity index is 762. The molecule has 0 aromatic carbocycles. The van der Waals surface area contributed by atoms with Crippen LogP contribution in [0, 0.1) is 5.92 Å². The summed E-state index contributed by atoms with van der Waals surface area (Å²) in [6, 6.07) is 8.85. The lowest BCUT2D eigenvalue weighted by atomic mass is 9.91. The third kappa shape index (κ3) is 3.45. The van der Waals surface area contributed by atoms with Gasteiger partial charge in [0.1, 0.15) is 18.1 Å². The number of furan rings is 1. The molecule has 128 valence electrons. The zero-order valence-corrected chi connectivity index (χ0v) is 14.3. The van der Waals surface area contributed by atoms with E-state index in [1.165, 1.54) is 10.6 Å². The molecular formula is C19H24N2O3. The van der Waals surface area contributed by atoms with Crippen LogP contribution >= 0.6 is 0 Å². The number of rotatable bonds is 4. The van der Waals surface area contributed by atoms with Crippen LogP contribution in [0.4, 0.5) is 0 Å². The molecule has 1 fully saturated rings. The van der Waals surface area contributed by atoms with Crippen molar-refractivity contribution in [2.45, 2.75) is 45.7 Å². The number of aryl methyl sites for hydroxylation is 1. The van der Waals surface area contributed by atoms with E-state index in [4.69, 9.17) is 4.42 Å². The van der Waals surface area contributed by atoms with Crippen LogP contribution in [0.5, 0.6) is 0 Å². The van der Waals surface area contributed by atoms with Gasteiger partial charge in [0, 0.05) is 25.2 Å². The van der Waals surface area contributed by atoms with Gasteiger partial charge >= 0.3 is 0 Å². The Morgan fingerprint density at radius 2 is 2.12 bits per heavy atom. The minimum atomic E-state index is -0.154. The summed E-state index contributed by atoms with van der Waals surface area (Å²) >= 11 is 0. The zero-order chi connectivity index (χ0) is 17.1. The normalized spacial score (nSPS) is 21.0. The lowest BCUT2D eigenvalue weighted by molar-refractivity contribution is -0.137. The van der Waals surface area contributed by atoms with Crippen molar-refractivity contribution in [3.8, 4) is 0 Å². The minimum absolute atomic E-state index is 0.0327. The van der Waals surface area contributed by atoms with Gasteiger partial charge in [-0.3, -0.25) is 9.59 Å². The second kappa shape index (κ2) is 7.07. The molecule has 0 N–H and O–H groups in total. The molecular weight excluding hydrogens is 304 g/mol. The highest BCUT2D eigenvalue weighted by Gasteiger charge is 2.33. The van der Waals surface area contributed by atoms with E-state index < -0.39 is 0 Å². The van der Waals surface area contributed by atoms with E-state index in [9.17, 15) is 9.59 Å². The van der Waals surface area contributed by atoms with Gasteiger partial charge < -0.3 is 13.9 Å². The van der Waals surface area contributed by atoms with Gasteiger partial charge in [-0.05, 0) is 37.0 Å². The van der Waals surface area contributed by atoms with Gasteiger partial charge in [0.2, 0.25) is 5.91 Å².